The van der Waals surface area contributed by atoms with Gasteiger partial charge < -0.3 is 15.4 Å². The number of nitrogens with one attached hydrogen (secondary N) is 2. The zero-order valence-electron chi connectivity index (χ0n) is 16.7. The molecule has 0 radical (unpaired) electrons. The molecule has 152 valence electrons. The first kappa shape index (κ1) is 20.7. The van der Waals surface area contributed by atoms with E-state index in [-0.39, 0.29) is 5.82 Å². The minimum absolute atomic E-state index is 0.345. The van der Waals surface area contributed by atoms with Crippen LogP contribution in [0.15, 0.2) is 47.6 Å². The van der Waals surface area contributed by atoms with Gasteiger partial charge in [-0.3, -0.25) is 4.99 Å². The molecule has 0 atom stereocenters. The number of nitrogens with zero attached hydrogens (tertiary/aromatic N) is 3. The summed E-state index contributed by atoms with van der Waals surface area (Å²) >= 11 is 1.73. The van der Waals surface area contributed by atoms with Crippen LogP contribution in [0.25, 0.3) is 0 Å². The second kappa shape index (κ2) is 9.97. The van der Waals surface area contributed by atoms with E-state index in [0.717, 1.165) is 35.2 Å². The molecule has 3 rings (SSSR count). The normalized spacial score (nSPS) is 11.4. The van der Waals surface area contributed by atoms with Gasteiger partial charge >= 0.3 is 0 Å². The third-order valence-electron chi connectivity index (χ3n) is 4.20. The monoisotopic (exact) mass is 413 g/mol. The van der Waals surface area contributed by atoms with Crippen molar-refractivity contribution in [2.75, 3.05) is 13.6 Å². The average molecular weight is 414 g/mol. The topological polar surface area (TPSA) is 71.4 Å². The summed E-state index contributed by atoms with van der Waals surface area (Å²) in [7, 11) is 1.74. The molecule has 0 saturated carbocycles. The number of ether oxygens (including phenoxy) is 1. The van der Waals surface area contributed by atoms with Crippen LogP contribution in [-0.2, 0) is 13.0 Å². The molecule has 2 heterocycles. The summed E-state index contributed by atoms with van der Waals surface area (Å²) in [6.45, 7) is 5.45. The van der Waals surface area contributed by atoms with Gasteiger partial charge in [0.05, 0.1) is 10.7 Å². The van der Waals surface area contributed by atoms with Crippen molar-refractivity contribution in [3.8, 4) is 11.6 Å². The third-order valence-corrected chi connectivity index (χ3v) is 5.34. The van der Waals surface area contributed by atoms with Gasteiger partial charge in [0.2, 0.25) is 5.88 Å². The number of hydrogen-bond acceptors (Lipinski definition) is 5. The molecular weight excluding hydrogens is 389 g/mol. The number of rotatable bonds is 7. The number of aryl methyl sites for hydroxylation is 2. The van der Waals surface area contributed by atoms with Crippen molar-refractivity contribution in [2.24, 2.45) is 4.99 Å². The largest absolute Gasteiger partial charge is 0.439 e. The van der Waals surface area contributed by atoms with Gasteiger partial charge in [-0.25, -0.2) is 14.4 Å². The Kier molecular flexibility index (Phi) is 7.13. The van der Waals surface area contributed by atoms with E-state index < -0.39 is 0 Å². The summed E-state index contributed by atoms with van der Waals surface area (Å²) < 4.78 is 18.8. The van der Waals surface area contributed by atoms with E-state index in [0.29, 0.717) is 18.2 Å². The summed E-state index contributed by atoms with van der Waals surface area (Å²) in [4.78, 5) is 14.3. The maximum Gasteiger partial charge on any atom is 0.219 e. The Balaban J connectivity index is 1.45. The average Bonchev–Trinajstić information content (AvgIpc) is 3.03. The second-order valence-corrected chi connectivity index (χ2v) is 7.70. The first-order chi connectivity index (χ1) is 14.0. The Morgan fingerprint density at radius 1 is 1.21 bits per heavy atom. The summed E-state index contributed by atoms with van der Waals surface area (Å²) in [5, 5.41) is 7.67. The smallest absolute Gasteiger partial charge is 0.219 e. The maximum atomic E-state index is 13.2. The van der Waals surface area contributed by atoms with E-state index in [2.05, 4.69) is 32.5 Å². The van der Waals surface area contributed by atoms with Gasteiger partial charge in [0.25, 0.3) is 0 Å². The van der Waals surface area contributed by atoms with Crippen molar-refractivity contribution in [3.05, 3.63) is 69.6 Å². The minimum atomic E-state index is -0.345. The third kappa shape index (κ3) is 6.25. The minimum Gasteiger partial charge on any atom is -0.439 e. The van der Waals surface area contributed by atoms with Crippen LogP contribution in [0, 0.1) is 19.7 Å². The quantitative estimate of drug-likeness (QED) is 0.453. The number of benzene rings is 1. The van der Waals surface area contributed by atoms with Crippen LogP contribution < -0.4 is 15.4 Å². The van der Waals surface area contributed by atoms with Crippen LogP contribution in [0.2, 0.25) is 0 Å². The van der Waals surface area contributed by atoms with Crippen LogP contribution in [0.3, 0.4) is 0 Å². The standard InChI is InChI=1S/C21H24FN5OS/c1-14-15(2)29-20(27-14)9-10-24-21(23-3)26-13-16-7-8-19(25-12-16)28-18-6-4-5-17(22)11-18/h4-8,11-12H,9-10,13H2,1-3H3,(H2,23,24,26). The van der Waals surface area contributed by atoms with Crippen LogP contribution >= 0.6 is 11.3 Å². The van der Waals surface area contributed by atoms with Gasteiger partial charge in [-0.1, -0.05) is 12.1 Å². The molecule has 0 aliphatic carbocycles. The number of hydrogen-bond donors (Lipinski definition) is 2. The fourth-order valence-electron chi connectivity index (χ4n) is 2.57. The van der Waals surface area contributed by atoms with E-state index >= 15 is 0 Å². The predicted molar refractivity (Wildman–Crippen MR) is 114 cm³/mol. The number of aliphatic imine (C=N–C) groups is 1. The van der Waals surface area contributed by atoms with Crippen molar-refractivity contribution in [2.45, 2.75) is 26.8 Å². The van der Waals surface area contributed by atoms with Crippen molar-refractivity contribution in [3.63, 3.8) is 0 Å². The number of thiazole rings is 1. The van der Waals surface area contributed by atoms with E-state index in [1.54, 1.807) is 42.8 Å². The molecule has 2 aromatic heterocycles. The SMILES string of the molecule is CN=C(NCCc1nc(C)c(C)s1)NCc1ccc(Oc2cccc(F)c2)nc1. The summed E-state index contributed by atoms with van der Waals surface area (Å²) in [6, 6.07) is 9.63. The Bertz CT molecular complexity index is 952. The van der Waals surface area contributed by atoms with Crippen LogP contribution in [0.4, 0.5) is 4.39 Å². The molecule has 0 bridgehead atoms. The molecule has 0 unspecified atom stereocenters. The predicted octanol–water partition coefficient (Wildman–Crippen LogP) is 3.99. The zero-order chi connectivity index (χ0) is 20.6. The molecule has 8 heteroatoms. The van der Waals surface area contributed by atoms with Crippen LogP contribution in [-0.4, -0.2) is 29.5 Å². The van der Waals surface area contributed by atoms with Gasteiger partial charge in [0.15, 0.2) is 5.96 Å². The lowest BCUT2D eigenvalue weighted by molar-refractivity contribution is 0.457. The highest BCUT2D eigenvalue weighted by Crippen LogP contribution is 2.20. The van der Waals surface area contributed by atoms with Crippen LogP contribution in [0.5, 0.6) is 11.6 Å². The van der Waals surface area contributed by atoms with Gasteiger partial charge in [0.1, 0.15) is 11.6 Å². The second-order valence-electron chi connectivity index (χ2n) is 6.42. The number of pyridine rings is 1. The van der Waals surface area contributed by atoms with Gasteiger partial charge in [0, 0.05) is 49.8 Å². The molecule has 3 aromatic rings. The number of halogens is 1. The summed E-state index contributed by atoms with van der Waals surface area (Å²) in [5.74, 6) is 1.20. The zero-order valence-corrected chi connectivity index (χ0v) is 17.5. The highest BCUT2D eigenvalue weighted by Gasteiger charge is 2.05. The lowest BCUT2D eigenvalue weighted by Gasteiger charge is -2.11. The molecule has 0 spiro atoms. The Morgan fingerprint density at radius 2 is 2.07 bits per heavy atom. The summed E-state index contributed by atoms with van der Waals surface area (Å²) in [5.41, 5.74) is 2.08. The van der Waals surface area contributed by atoms with Crippen molar-refractivity contribution in [1.82, 2.24) is 20.6 Å². The van der Waals surface area contributed by atoms with E-state index in [4.69, 9.17) is 4.74 Å². The van der Waals surface area contributed by atoms with Crippen molar-refractivity contribution in [1.29, 1.82) is 0 Å². The Labute approximate surface area is 173 Å². The maximum absolute atomic E-state index is 13.2. The van der Waals surface area contributed by atoms with Crippen molar-refractivity contribution >= 4 is 17.3 Å². The molecule has 29 heavy (non-hydrogen) atoms. The number of guanidine groups is 1. The molecule has 1 aromatic carbocycles. The first-order valence-electron chi connectivity index (χ1n) is 9.29. The lowest BCUT2D eigenvalue weighted by Crippen LogP contribution is -2.37. The Hall–Kier alpha value is -3.00. The molecular formula is C21H24FN5OS. The van der Waals surface area contributed by atoms with Crippen LogP contribution in [0.1, 0.15) is 21.1 Å². The fourth-order valence-corrected chi connectivity index (χ4v) is 3.50. The molecule has 0 saturated heterocycles. The van der Waals surface area contributed by atoms with E-state index in [9.17, 15) is 4.39 Å². The first-order valence-corrected chi connectivity index (χ1v) is 10.1. The lowest BCUT2D eigenvalue weighted by atomic mass is 10.3. The molecule has 0 aliphatic rings. The van der Waals surface area contributed by atoms with Gasteiger partial charge in [-0.15, -0.1) is 11.3 Å². The van der Waals surface area contributed by atoms with E-state index in [1.807, 2.05) is 13.0 Å². The van der Waals surface area contributed by atoms with E-state index in [1.165, 1.54) is 17.0 Å². The molecule has 0 fully saturated rings. The fraction of sp³-hybridized carbons (Fsp3) is 0.286. The van der Waals surface area contributed by atoms with Gasteiger partial charge in [-0.05, 0) is 31.5 Å². The Morgan fingerprint density at radius 3 is 2.72 bits per heavy atom. The molecule has 2 N–H and O–H groups in total. The molecule has 0 aliphatic heterocycles. The summed E-state index contributed by atoms with van der Waals surface area (Å²) in [6.07, 6.45) is 2.57. The molecule has 6 nitrogen and oxygen atoms in total. The highest BCUT2D eigenvalue weighted by molar-refractivity contribution is 7.11. The van der Waals surface area contributed by atoms with Crippen molar-refractivity contribution < 1.29 is 9.13 Å². The molecule has 0 amide bonds. The van der Waals surface area contributed by atoms with Gasteiger partial charge in [-0.2, -0.15) is 0 Å². The highest BCUT2D eigenvalue weighted by atomic mass is 32.1. The number of aromatic nitrogens is 2.